The minimum atomic E-state index is -0.740. The van der Waals surface area contributed by atoms with Crippen LogP contribution in [-0.2, 0) is 16.1 Å². The molecule has 2 aromatic carbocycles. The molecule has 1 N–H and O–H groups in total. The molecule has 1 aromatic heterocycles. The van der Waals surface area contributed by atoms with Gasteiger partial charge in [-0.15, -0.1) is 0 Å². The topological polar surface area (TPSA) is 84.0 Å². The fraction of sp³-hybridized carbons (Fsp3) is 0.321. The molecule has 0 unspecified atom stereocenters. The van der Waals surface area contributed by atoms with Gasteiger partial charge in [0.25, 0.3) is 5.91 Å². The van der Waals surface area contributed by atoms with Crippen molar-refractivity contribution in [1.29, 1.82) is 0 Å². The molecule has 1 saturated heterocycles. The summed E-state index contributed by atoms with van der Waals surface area (Å²) in [5, 5.41) is 3.49. The van der Waals surface area contributed by atoms with Crippen LogP contribution in [-0.4, -0.2) is 72.5 Å². The number of piperazine rings is 1. The molecule has 3 aromatic rings. The zero-order valence-corrected chi connectivity index (χ0v) is 21.6. The Labute approximate surface area is 222 Å². The summed E-state index contributed by atoms with van der Waals surface area (Å²) in [7, 11) is 2.03. The lowest BCUT2D eigenvalue weighted by Crippen LogP contribution is -2.54. The van der Waals surface area contributed by atoms with Crippen molar-refractivity contribution in [3.8, 4) is 11.6 Å². The van der Waals surface area contributed by atoms with E-state index in [1.54, 1.807) is 47.5 Å². The van der Waals surface area contributed by atoms with E-state index in [1.807, 2.05) is 37.4 Å². The summed E-state index contributed by atoms with van der Waals surface area (Å²) in [6.07, 6.45) is 1.89. The lowest BCUT2D eigenvalue weighted by molar-refractivity contribution is -0.135. The Kier molecular flexibility index (Phi) is 9.48. The Bertz CT molecular complexity index is 1170. The maximum absolute atomic E-state index is 13.4. The molecule has 8 nitrogen and oxygen atoms in total. The van der Waals surface area contributed by atoms with E-state index in [9.17, 15) is 9.59 Å². The number of halogens is 1. The average molecular weight is 523 g/mol. The first-order chi connectivity index (χ1) is 18.0. The molecule has 4 rings (SSSR count). The molecule has 2 heterocycles. The first-order valence-corrected chi connectivity index (χ1v) is 12.7. The van der Waals surface area contributed by atoms with E-state index in [-0.39, 0.29) is 17.4 Å². The van der Waals surface area contributed by atoms with Crippen molar-refractivity contribution in [2.75, 3.05) is 39.8 Å². The second-order valence-electron chi connectivity index (χ2n) is 8.89. The highest BCUT2D eigenvalue weighted by molar-refractivity contribution is 6.30. The van der Waals surface area contributed by atoms with E-state index in [0.29, 0.717) is 43.5 Å². The lowest BCUT2D eigenvalue weighted by atomic mass is 10.1. The van der Waals surface area contributed by atoms with E-state index in [4.69, 9.17) is 21.1 Å². The molecule has 0 bridgehead atoms. The Balaban J connectivity index is 1.44. The van der Waals surface area contributed by atoms with Gasteiger partial charge in [-0.1, -0.05) is 41.9 Å². The van der Waals surface area contributed by atoms with Crippen LogP contribution in [0.4, 0.5) is 0 Å². The molecule has 0 aliphatic carbocycles. The summed E-state index contributed by atoms with van der Waals surface area (Å²) in [6, 6.07) is 19.2. The Morgan fingerprint density at radius 2 is 1.73 bits per heavy atom. The van der Waals surface area contributed by atoms with Gasteiger partial charge in [-0.3, -0.25) is 9.59 Å². The largest absolute Gasteiger partial charge is 0.438 e. The van der Waals surface area contributed by atoms with Crippen LogP contribution in [0.15, 0.2) is 72.9 Å². The van der Waals surface area contributed by atoms with Crippen molar-refractivity contribution >= 4 is 23.4 Å². The highest BCUT2D eigenvalue weighted by atomic mass is 35.5. The van der Waals surface area contributed by atoms with Gasteiger partial charge in [0, 0.05) is 44.0 Å². The number of hydrogen-bond donors (Lipinski definition) is 1. The van der Waals surface area contributed by atoms with Gasteiger partial charge in [0.05, 0.1) is 6.61 Å². The normalized spacial score (nSPS) is 14.7. The molecule has 0 radical (unpaired) electrons. The van der Waals surface area contributed by atoms with Crippen molar-refractivity contribution in [1.82, 2.24) is 20.1 Å². The maximum atomic E-state index is 13.4. The van der Waals surface area contributed by atoms with Crippen molar-refractivity contribution in [3.63, 3.8) is 0 Å². The number of hydrogen-bond acceptors (Lipinski definition) is 6. The molecule has 0 saturated carbocycles. The van der Waals surface area contributed by atoms with E-state index in [2.05, 4.69) is 15.2 Å². The quantitative estimate of drug-likeness (QED) is 0.405. The lowest BCUT2D eigenvalue weighted by Gasteiger charge is -2.34. The number of ether oxygens (including phenoxy) is 2. The fourth-order valence-electron chi connectivity index (χ4n) is 3.97. The second-order valence-corrected chi connectivity index (χ2v) is 9.33. The first-order valence-electron chi connectivity index (χ1n) is 12.3. The number of nitrogens with one attached hydrogen (secondary N) is 1. The van der Waals surface area contributed by atoms with Gasteiger partial charge in [0.2, 0.25) is 11.8 Å². The molecule has 37 heavy (non-hydrogen) atoms. The summed E-state index contributed by atoms with van der Waals surface area (Å²) < 4.78 is 11.7. The van der Waals surface area contributed by atoms with Crippen LogP contribution in [0.5, 0.6) is 11.6 Å². The zero-order valence-electron chi connectivity index (χ0n) is 20.8. The number of carbonyl (C=O) groups excluding carboxylic acids is 2. The van der Waals surface area contributed by atoms with Crippen LogP contribution in [0.3, 0.4) is 0 Å². The summed E-state index contributed by atoms with van der Waals surface area (Å²) in [6.45, 7) is 3.57. The van der Waals surface area contributed by atoms with E-state index in [1.165, 1.54) is 0 Å². The van der Waals surface area contributed by atoms with E-state index in [0.717, 1.165) is 18.7 Å². The molecule has 1 aliphatic rings. The van der Waals surface area contributed by atoms with Crippen LogP contribution < -0.4 is 10.1 Å². The fourth-order valence-corrected chi connectivity index (χ4v) is 4.09. The van der Waals surface area contributed by atoms with Gasteiger partial charge >= 0.3 is 0 Å². The van der Waals surface area contributed by atoms with Crippen LogP contribution in [0.2, 0.25) is 5.02 Å². The smallest absolute Gasteiger partial charge is 0.257 e. The van der Waals surface area contributed by atoms with Crippen molar-refractivity contribution in [2.45, 2.75) is 19.1 Å². The van der Waals surface area contributed by atoms with Gasteiger partial charge in [-0.25, -0.2) is 4.98 Å². The van der Waals surface area contributed by atoms with Crippen molar-refractivity contribution in [2.24, 2.45) is 0 Å². The van der Waals surface area contributed by atoms with Crippen LogP contribution in [0.1, 0.15) is 22.3 Å². The van der Waals surface area contributed by atoms with Crippen LogP contribution >= 0.6 is 11.6 Å². The van der Waals surface area contributed by atoms with E-state index >= 15 is 0 Å². The molecule has 0 spiro atoms. The molecule has 2 amide bonds. The molecular weight excluding hydrogens is 492 g/mol. The molecule has 9 heteroatoms. The third kappa shape index (κ3) is 7.76. The molecule has 1 aliphatic heterocycles. The van der Waals surface area contributed by atoms with Gasteiger partial charge in [0.1, 0.15) is 17.4 Å². The number of rotatable bonds is 10. The Morgan fingerprint density at radius 3 is 2.46 bits per heavy atom. The maximum Gasteiger partial charge on any atom is 0.257 e. The number of nitrogens with zero attached hydrogens (tertiary/aromatic N) is 3. The molecular formula is C28H31ClN4O4. The number of likely N-dealkylation sites (N-methyl/N-ethyl adjacent to an activating group) is 1. The Hall–Kier alpha value is -3.46. The van der Waals surface area contributed by atoms with Gasteiger partial charge in [-0.2, -0.15) is 0 Å². The van der Waals surface area contributed by atoms with Gasteiger partial charge in [0.15, 0.2) is 0 Å². The SMILES string of the molecule is CN1CCN(C(=O)[C@@H](CCOCc2ccccc2)NC(=O)c2cccnc2Oc2ccc(Cl)cc2)CC1. The highest BCUT2D eigenvalue weighted by Crippen LogP contribution is 2.24. The third-order valence-electron chi connectivity index (χ3n) is 6.12. The number of carbonyl (C=O) groups is 2. The minimum absolute atomic E-state index is 0.117. The summed E-state index contributed by atoms with van der Waals surface area (Å²) in [5.41, 5.74) is 1.28. The predicted molar refractivity (Wildman–Crippen MR) is 142 cm³/mol. The highest BCUT2D eigenvalue weighted by Gasteiger charge is 2.29. The first kappa shape index (κ1) is 26.6. The summed E-state index contributed by atoms with van der Waals surface area (Å²) >= 11 is 5.96. The van der Waals surface area contributed by atoms with Crippen molar-refractivity contribution < 1.29 is 19.1 Å². The minimum Gasteiger partial charge on any atom is -0.438 e. The Morgan fingerprint density at radius 1 is 1.00 bits per heavy atom. The monoisotopic (exact) mass is 522 g/mol. The zero-order chi connectivity index (χ0) is 26.0. The number of amides is 2. The predicted octanol–water partition coefficient (Wildman–Crippen LogP) is 4.01. The molecule has 1 atom stereocenters. The van der Waals surface area contributed by atoms with Gasteiger partial charge in [-0.05, 0) is 55.4 Å². The second kappa shape index (κ2) is 13.2. The number of pyridine rings is 1. The van der Waals surface area contributed by atoms with Crippen LogP contribution in [0, 0.1) is 0 Å². The summed E-state index contributed by atoms with van der Waals surface area (Å²) in [4.78, 5) is 35.0. The van der Waals surface area contributed by atoms with Crippen molar-refractivity contribution in [3.05, 3.63) is 89.1 Å². The molecule has 194 valence electrons. The van der Waals surface area contributed by atoms with Gasteiger partial charge < -0.3 is 24.6 Å². The number of benzene rings is 2. The average Bonchev–Trinajstić information content (AvgIpc) is 2.92. The van der Waals surface area contributed by atoms with Crippen LogP contribution in [0.25, 0.3) is 0 Å². The standard InChI is InChI=1S/C28H31ClN4O4/c1-32-15-17-33(18-16-32)28(35)25(13-19-36-20-21-6-3-2-4-7-21)31-26(34)24-8-5-14-30-27(24)37-23-11-9-22(29)10-12-23/h2-12,14,25H,13,15-20H2,1H3,(H,31,34)/t25-/m1/s1. The number of aromatic nitrogens is 1. The van der Waals surface area contributed by atoms with E-state index < -0.39 is 11.9 Å². The molecule has 1 fully saturated rings. The third-order valence-corrected chi connectivity index (χ3v) is 6.38. The summed E-state index contributed by atoms with van der Waals surface area (Å²) in [5.74, 6) is 0.0893.